The SMILES string of the molecule is CCOC(=O)c1cc2ccc(Br)nc2[nH]1. The average Bonchev–Trinajstić information content (AvgIpc) is 2.60. The van der Waals surface area contributed by atoms with Gasteiger partial charge in [-0.15, -0.1) is 0 Å². The summed E-state index contributed by atoms with van der Waals surface area (Å²) < 4.78 is 5.61. The molecule has 0 bridgehead atoms. The lowest BCUT2D eigenvalue weighted by molar-refractivity contribution is 0.0520. The van der Waals surface area contributed by atoms with Gasteiger partial charge in [0.2, 0.25) is 0 Å². The second kappa shape index (κ2) is 4.02. The van der Waals surface area contributed by atoms with Crippen molar-refractivity contribution in [3.8, 4) is 0 Å². The Hall–Kier alpha value is -1.36. The van der Waals surface area contributed by atoms with Crippen LogP contribution >= 0.6 is 15.9 Å². The number of H-pyrrole nitrogens is 1. The topological polar surface area (TPSA) is 55.0 Å². The first-order valence-corrected chi connectivity index (χ1v) is 5.32. The average molecular weight is 269 g/mol. The Morgan fingerprint density at radius 2 is 2.40 bits per heavy atom. The van der Waals surface area contributed by atoms with Crippen LogP contribution in [0.1, 0.15) is 17.4 Å². The van der Waals surface area contributed by atoms with Crippen molar-refractivity contribution in [2.24, 2.45) is 0 Å². The smallest absolute Gasteiger partial charge is 0.354 e. The number of aromatic amines is 1. The van der Waals surface area contributed by atoms with Gasteiger partial charge in [0.05, 0.1) is 6.61 Å². The molecule has 0 amide bonds. The van der Waals surface area contributed by atoms with E-state index in [4.69, 9.17) is 4.74 Å². The number of carbonyl (C=O) groups excluding carboxylic acids is 1. The number of hydrogen-bond donors (Lipinski definition) is 1. The minimum atomic E-state index is -0.355. The molecule has 2 rings (SSSR count). The molecule has 0 fully saturated rings. The molecule has 2 aromatic rings. The first-order valence-electron chi connectivity index (χ1n) is 4.53. The lowest BCUT2D eigenvalue weighted by Gasteiger charge is -1.96. The molecule has 0 aliphatic rings. The lowest BCUT2D eigenvalue weighted by Crippen LogP contribution is -2.04. The zero-order valence-corrected chi connectivity index (χ0v) is 9.67. The monoisotopic (exact) mass is 268 g/mol. The van der Waals surface area contributed by atoms with Crippen molar-refractivity contribution in [2.75, 3.05) is 6.61 Å². The minimum absolute atomic E-state index is 0.355. The van der Waals surface area contributed by atoms with Gasteiger partial charge in [-0.05, 0) is 41.1 Å². The van der Waals surface area contributed by atoms with Gasteiger partial charge in [0.15, 0.2) is 0 Å². The molecule has 4 nitrogen and oxygen atoms in total. The molecule has 0 atom stereocenters. The molecule has 78 valence electrons. The highest BCUT2D eigenvalue weighted by molar-refractivity contribution is 9.10. The molecule has 2 heterocycles. The van der Waals surface area contributed by atoms with Gasteiger partial charge in [-0.25, -0.2) is 9.78 Å². The molecule has 5 heteroatoms. The van der Waals surface area contributed by atoms with Crippen LogP contribution in [0, 0.1) is 0 Å². The van der Waals surface area contributed by atoms with E-state index in [1.165, 1.54) is 0 Å². The first kappa shape index (κ1) is 10.2. The number of halogens is 1. The van der Waals surface area contributed by atoms with E-state index in [9.17, 15) is 4.79 Å². The highest BCUT2D eigenvalue weighted by atomic mass is 79.9. The van der Waals surface area contributed by atoms with E-state index in [1.807, 2.05) is 12.1 Å². The van der Waals surface area contributed by atoms with Crippen LogP contribution < -0.4 is 0 Å². The van der Waals surface area contributed by atoms with Crippen LogP contribution in [0.25, 0.3) is 11.0 Å². The summed E-state index contributed by atoms with van der Waals surface area (Å²) in [7, 11) is 0. The van der Waals surface area contributed by atoms with Crippen LogP contribution in [-0.4, -0.2) is 22.5 Å². The number of carbonyl (C=O) groups is 1. The molecule has 0 radical (unpaired) electrons. The Morgan fingerprint density at radius 3 is 3.13 bits per heavy atom. The minimum Gasteiger partial charge on any atom is -0.461 e. The third-order valence-electron chi connectivity index (χ3n) is 1.94. The number of pyridine rings is 1. The predicted octanol–water partition coefficient (Wildman–Crippen LogP) is 2.50. The van der Waals surface area contributed by atoms with Gasteiger partial charge in [0.1, 0.15) is 15.9 Å². The summed E-state index contributed by atoms with van der Waals surface area (Å²) >= 11 is 3.26. The van der Waals surface area contributed by atoms with Crippen molar-refractivity contribution in [3.63, 3.8) is 0 Å². The molecule has 15 heavy (non-hydrogen) atoms. The van der Waals surface area contributed by atoms with E-state index in [-0.39, 0.29) is 5.97 Å². The number of nitrogens with one attached hydrogen (secondary N) is 1. The summed E-state index contributed by atoms with van der Waals surface area (Å²) in [6.45, 7) is 2.14. The Balaban J connectivity index is 2.42. The van der Waals surface area contributed by atoms with Gasteiger partial charge < -0.3 is 9.72 Å². The van der Waals surface area contributed by atoms with Crippen LogP contribution in [0.2, 0.25) is 0 Å². The summed E-state index contributed by atoms with van der Waals surface area (Å²) in [5, 5.41) is 0.890. The predicted molar refractivity (Wildman–Crippen MR) is 59.8 cm³/mol. The maximum Gasteiger partial charge on any atom is 0.354 e. The van der Waals surface area contributed by atoms with Crippen LogP contribution in [0.15, 0.2) is 22.8 Å². The molecular weight excluding hydrogens is 260 g/mol. The molecule has 2 aromatic heterocycles. The quantitative estimate of drug-likeness (QED) is 0.673. The maximum absolute atomic E-state index is 11.4. The molecule has 0 aliphatic heterocycles. The van der Waals surface area contributed by atoms with E-state index >= 15 is 0 Å². The molecule has 0 saturated heterocycles. The van der Waals surface area contributed by atoms with Gasteiger partial charge in [-0.1, -0.05) is 0 Å². The highest BCUT2D eigenvalue weighted by Gasteiger charge is 2.10. The largest absolute Gasteiger partial charge is 0.461 e. The molecule has 1 N–H and O–H groups in total. The zero-order chi connectivity index (χ0) is 10.8. The Bertz CT molecular complexity index is 507. The van der Waals surface area contributed by atoms with Crippen LogP contribution in [0.5, 0.6) is 0 Å². The Kier molecular flexibility index (Phi) is 2.73. The number of fused-ring (bicyclic) bond motifs is 1. The van der Waals surface area contributed by atoms with Crippen LogP contribution in [0.3, 0.4) is 0 Å². The fourth-order valence-electron chi connectivity index (χ4n) is 1.30. The Labute approximate surface area is 94.8 Å². The van der Waals surface area contributed by atoms with Gasteiger partial charge in [-0.3, -0.25) is 0 Å². The zero-order valence-electron chi connectivity index (χ0n) is 8.08. The molecular formula is C10H9BrN2O2. The standard InChI is InChI=1S/C10H9BrN2O2/c1-2-15-10(14)7-5-6-3-4-8(11)13-9(6)12-7/h3-5H,2H2,1H3,(H,12,13). The molecule has 0 aromatic carbocycles. The van der Waals surface area contributed by atoms with Gasteiger partial charge >= 0.3 is 5.97 Å². The van der Waals surface area contributed by atoms with E-state index in [0.29, 0.717) is 17.9 Å². The van der Waals surface area contributed by atoms with Crippen molar-refractivity contribution >= 4 is 32.9 Å². The number of hydrogen-bond acceptors (Lipinski definition) is 3. The summed E-state index contributed by atoms with van der Waals surface area (Å²) in [5.41, 5.74) is 1.10. The number of nitrogens with zero attached hydrogens (tertiary/aromatic N) is 1. The van der Waals surface area contributed by atoms with Gasteiger partial charge in [0.25, 0.3) is 0 Å². The number of aromatic nitrogens is 2. The molecule has 0 saturated carbocycles. The number of ether oxygens (including phenoxy) is 1. The van der Waals surface area contributed by atoms with Gasteiger partial charge in [0, 0.05) is 5.39 Å². The van der Waals surface area contributed by atoms with Crippen LogP contribution in [0.4, 0.5) is 0 Å². The second-order valence-electron chi connectivity index (χ2n) is 2.98. The summed E-state index contributed by atoms with van der Waals surface area (Å²) in [4.78, 5) is 18.5. The Morgan fingerprint density at radius 1 is 1.60 bits per heavy atom. The summed E-state index contributed by atoms with van der Waals surface area (Å²) in [6, 6.07) is 5.43. The first-order chi connectivity index (χ1) is 7.20. The van der Waals surface area contributed by atoms with E-state index in [0.717, 1.165) is 9.99 Å². The molecule has 0 unspecified atom stereocenters. The third-order valence-corrected chi connectivity index (χ3v) is 2.38. The fourth-order valence-corrected chi connectivity index (χ4v) is 1.61. The van der Waals surface area contributed by atoms with Crippen molar-refractivity contribution in [3.05, 3.63) is 28.5 Å². The molecule has 0 aliphatic carbocycles. The lowest BCUT2D eigenvalue weighted by atomic mass is 10.3. The van der Waals surface area contributed by atoms with Crippen molar-refractivity contribution in [1.29, 1.82) is 0 Å². The van der Waals surface area contributed by atoms with Crippen molar-refractivity contribution in [2.45, 2.75) is 6.92 Å². The van der Waals surface area contributed by atoms with Crippen molar-refractivity contribution < 1.29 is 9.53 Å². The maximum atomic E-state index is 11.4. The second-order valence-corrected chi connectivity index (χ2v) is 3.79. The summed E-state index contributed by atoms with van der Waals surface area (Å²) in [6.07, 6.45) is 0. The highest BCUT2D eigenvalue weighted by Crippen LogP contribution is 2.17. The van der Waals surface area contributed by atoms with E-state index < -0.39 is 0 Å². The normalized spacial score (nSPS) is 10.5. The van der Waals surface area contributed by atoms with Crippen molar-refractivity contribution in [1.82, 2.24) is 9.97 Å². The molecule has 0 spiro atoms. The number of rotatable bonds is 2. The van der Waals surface area contributed by atoms with E-state index in [2.05, 4.69) is 25.9 Å². The van der Waals surface area contributed by atoms with Gasteiger partial charge in [-0.2, -0.15) is 0 Å². The third kappa shape index (κ3) is 2.02. The van der Waals surface area contributed by atoms with Crippen LogP contribution in [-0.2, 0) is 4.74 Å². The summed E-state index contributed by atoms with van der Waals surface area (Å²) in [5.74, 6) is -0.355. The number of esters is 1. The van der Waals surface area contributed by atoms with E-state index in [1.54, 1.807) is 13.0 Å². The fraction of sp³-hybridized carbons (Fsp3) is 0.200.